The van der Waals surface area contributed by atoms with E-state index in [0.717, 1.165) is 103 Å². The molecule has 4 spiro atoms. The van der Waals surface area contributed by atoms with Crippen LogP contribution in [0.15, 0.2) is 12.7 Å². The van der Waals surface area contributed by atoms with Gasteiger partial charge in [0.05, 0.1) is 19.8 Å². The quantitative estimate of drug-likeness (QED) is 0.197. The van der Waals surface area contributed by atoms with E-state index < -0.39 is 90.3 Å². The molecule has 11 rings (SSSR count). The summed E-state index contributed by atoms with van der Waals surface area (Å²) < 4.78 is 65.8. The maximum Gasteiger partial charge on any atom is 0.338 e. The normalized spacial score (nSPS) is 43.7. The van der Waals surface area contributed by atoms with Crippen LogP contribution in [0.1, 0.15) is 128 Å². The second-order valence-corrected chi connectivity index (χ2v) is 19.1. The van der Waals surface area contributed by atoms with Gasteiger partial charge in [-0.25, -0.2) is 9.59 Å². The second-order valence-electron chi connectivity index (χ2n) is 19.1. The first kappa shape index (κ1) is 45.3. The van der Waals surface area contributed by atoms with Crippen LogP contribution in [-0.4, -0.2) is 159 Å². The molecule has 7 heterocycles. The minimum Gasteiger partial charge on any atom is -0.455 e. The number of aliphatic hydroxyl groups excluding tert-OH is 4. The minimum absolute atomic E-state index is 0.246. The van der Waals surface area contributed by atoms with Gasteiger partial charge in [0.25, 0.3) is 0 Å². The fourth-order valence-electron chi connectivity index (χ4n) is 11.5. The third-order valence-electron chi connectivity index (χ3n) is 14.8. The maximum atomic E-state index is 12.3. The highest BCUT2D eigenvalue weighted by molar-refractivity contribution is 5.79. The lowest BCUT2D eigenvalue weighted by Gasteiger charge is -2.36. The smallest absolute Gasteiger partial charge is 0.338 e. The van der Waals surface area contributed by atoms with Gasteiger partial charge in [0, 0.05) is 51.4 Å². The Morgan fingerprint density at radius 1 is 0.581 bits per heavy atom. The van der Waals surface area contributed by atoms with Crippen LogP contribution in [0.3, 0.4) is 0 Å². The Morgan fingerprint density at radius 3 is 1.55 bits per heavy atom. The van der Waals surface area contributed by atoms with Crippen LogP contribution in [0, 0.1) is 0 Å². The molecule has 0 amide bonds. The molecule has 7 unspecified atom stereocenters. The van der Waals surface area contributed by atoms with Crippen molar-refractivity contribution in [3.8, 4) is 0 Å². The predicted molar refractivity (Wildman–Crippen MR) is 209 cm³/mol. The summed E-state index contributed by atoms with van der Waals surface area (Å²) in [5, 5.41) is 46.3. The molecule has 5 N–H and O–H groups in total. The Bertz CT molecular complexity index is 1590. The van der Waals surface area contributed by atoms with E-state index in [1.54, 1.807) is 0 Å². The van der Waals surface area contributed by atoms with Gasteiger partial charge < -0.3 is 77.6 Å². The molecule has 7 aliphatic heterocycles. The molecule has 18 heteroatoms. The molecule has 11 aliphatic rings. The highest BCUT2D eigenvalue weighted by Crippen LogP contribution is 2.52. The Balaban J connectivity index is 0.000000127. The molecule has 4 aliphatic carbocycles. The first-order valence-electron chi connectivity index (χ1n) is 23.3. The summed E-state index contributed by atoms with van der Waals surface area (Å²) in [6, 6.07) is 0. The zero-order chi connectivity index (χ0) is 43.3. The first-order chi connectivity index (χ1) is 29.8. The van der Waals surface area contributed by atoms with E-state index >= 15 is 0 Å². The van der Waals surface area contributed by atoms with Gasteiger partial charge in [0.2, 0.25) is 5.79 Å². The van der Waals surface area contributed by atoms with Gasteiger partial charge in [-0.3, -0.25) is 0 Å². The van der Waals surface area contributed by atoms with Crippen molar-refractivity contribution >= 4 is 11.9 Å². The molecule has 0 aromatic heterocycles. The number of hydrogen-bond donors (Lipinski definition) is 5. The molecule has 0 bridgehead atoms. The Morgan fingerprint density at radius 2 is 1.06 bits per heavy atom. The van der Waals surface area contributed by atoms with Crippen LogP contribution in [0.2, 0.25) is 0 Å². The Hall–Kier alpha value is -1.88. The summed E-state index contributed by atoms with van der Waals surface area (Å²) in [6.07, 6.45) is 13.5. The van der Waals surface area contributed by atoms with E-state index in [1.165, 1.54) is 31.8 Å². The summed E-state index contributed by atoms with van der Waals surface area (Å²) in [4.78, 5) is 22.9. The molecule has 4 saturated carbocycles. The van der Waals surface area contributed by atoms with Crippen molar-refractivity contribution in [1.82, 2.24) is 0 Å². The average Bonchev–Trinajstić information content (AvgIpc) is 4.17. The molecule has 18 nitrogen and oxygen atoms in total. The Labute approximate surface area is 361 Å². The summed E-state index contributed by atoms with van der Waals surface area (Å²) in [6.45, 7) is 4.07. The standard InChI is InChI=1S/C20H30O6.C18H26O6.C6H10O6/c1-2-20(21)17-16(24-19(26-17)11-7-4-8-12-19)15(25-20)14-13-22-18(23-14)9-5-3-6-10-18;19-16-15-14(23-18(24-15)9-5-2-6-10-18)13(21-16)12-11-20-17(22-12)7-3-1-4-8-17;7-1-2(8)5-3(9)4(10)6(11)12-5/h2,14-17,21H,1,3-13H2;12-15H,1-11H2;2-5,7-10H,1H2/t14?,15-,16?,17+,20?;12?,13-,14?,15+;2?,3?,4-,5+/m001/s1. The molecular formula is C44H66O18. The van der Waals surface area contributed by atoms with E-state index in [9.17, 15) is 14.7 Å². The SMILES string of the molecule is C=CC1(O)O[C@@H](C2COC3(CCCCC3)O2)C2OC3(CCCCC3)O[C@H]21.O=C1O[C@@H](C(O)CO)C(O)[C@H]1O.O=C1O[C@@H](C2COC3(CCCCC3)O2)C2OC3(CCCCC3)O[C@@H]12. The zero-order valence-corrected chi connectivity index (χ0v) is 35.5. The van der Waals surface area contributed by atoms with Crippen LogP contribution in [-0.2, 0) is 61.7 Å². The number of hydrogen-bond acceptors (Lipinski definition) is 18. The lowest BCUT2D eigenvalue weighted by atomic mass is 9.94. The summed E-state index contributed by atoms with van der Waals surface area (Å²) >= 11 is 0. The van der Waals surface area contributed by atoms with E-state index in [-0.39, 0.29) is 30.4 Å². The molecular weight excluding hydrogens is 816 g/mol. The first-order valence-corrected chi connectivity index (χ1v) is 23.3. The van der Waals surface area contributed by atoms with Crippen LogP contribution in [0.4, 0.5) is 0 Å². The van der Waals surface area contributed by atoms with E-state index in [4.69, 9.17) is 67.8 Å². The van der Waals surface area contributed by atoms with Gasteiger partial charge >= 0.3 is 11.9 Å². The number of carbonyl (C=O) groups is 2. The number of carbonyl (C=O) groups excluding carboxylic acids is 2. The fourth-order valence-corrected chi connectivity index (χ4v) is 11.5. The number of fused-ring (bicyclic) bond motifs is 2. The van der Waals surface area contributed by atoms with Gasteiger partial charge in [-0.1, -0.05) is 32.3 Å². The summed E-state index contributed by atoms with van der Waals surface area (Å²) in [5.41, 5.74) is 0. The van der Waals surface area contributed by atoms with E-state index in [0.29, 0.717) is 13.2 Å². The van der Waals surface area contributed by atoms with Crippen LogP contribution >= 0.6 is 0 Å². The topological polar surface area (TPSA) is 237 Å². The number of cyclic esters (lactones) is 2. The lowest BCUT2D eigenvalue weighted by Crippen LogP contribution is -2.44. The van der Waals surface area contributed by atoms with Gasteiger partial charge in [0.1, 0.15) is 48.8 Å². The zero-order valence-electron chi connectivity index (χ0n) is 35.5. The highest BCUT2D eigenvalue weighted by Gasteiger charge is 2.67. The number of ether oxygens (including phenoxy) is 11. The fraction of sp³-hybridized carbons (Fsp3) is 0.909. The van der Waals surface area contributed by atoms with Crippen LogP contribution in [0.25, 0.3) is 0 Å². The second kappa shape index (κ2) is 18.1. The summed E-state index contributed by atoms with van der Waals surface area (Å²) in [7, 11) is 0. The van der Waals surface area contributed by atoms with Crippen LogP contribution in [0.5, 0.6) is 0 Å². The molecule has 0 aromatic carbocycles. The average molecular weight is 883 g/mol. The summed E-state index contributed by atoms with van der Waals surface area (Å²) in [5.74, 6) is -4.93. The molecule has 11 fully saturated rings. The van der Waals surface area contributed by atoms with Gasteiger partial charge in [-0.05, 0) is 57.4 Å². The van der Waals surface area contributed by atoms with Crippen molar-refractivity contribution in [3.63, 3.8) is 0 Å². The molecule has 0 aromatic rings. The largest absolute Gasteiger partial charge is 0.455 e. The van der Waals surface area contributed by atoms with Crippen molar-refractivity contribution in [1.29, 1.82) is 0 Å². The highest BCUT2D eigenvalue weighted by atomic mass is 16.8. The van der Waals surface area contributed by atoms with Gasteiger partial charge in [-0.15, -0.1) is 0 Å². The number of esters is 2. The molecule has 62 heavy (non-hydrogen) atoms. The van der Waals surface area contributed by atoms with Crippen LogP contribution < -0.4 is 0 Å². The van der Waals surface area contributed by atoms with E-state index in [2.05, 4.69) is 11.3 Å². The maximum absolute atomic E-state index is 12.3. The van der Waals surface area contributed by atoms with Crippen molar-refractivity contribution in [2.75, 3.05) is 19.8 Å². The van der Waals surface area contributed by atoms with Crippen molar-refractivity contribution in [2.24, 2.45) is 0 Å². The van der Waals surface area contributed by atoms with Crippen molar-refractivity contribution < 1.29 is 87.2 Å². The molecule has 7 saturated heterocycles. The van der Waals surface area contributed by atoms with E-state index in [1.807, 2.05) is 0 Å². The lowest BCUT2D eigenvalue weighted by molar-refractivity contribution is -0.283. The third-order valence-corrected chi connectivity index (χ3v) is 14.8. The minimum atomic E-state index is -1.63. The monoisotopic (exact) mass is 882 g/mol. The van der Waals surface area contributed by atoms with Crippen molar-refractivity contribution in [3.05, 3.63) is 12.7 Å². The molecule has 350 valence electrons. The predicted octanol–water partition coefficient (Wildman–Crippen LogP) is 2.20. The molecule has 13 atom stereocenters. The third kappa shape index (κ3) is 8.64. The van der Waals surface area contributed by atoms with Crippen molar-refractivity contribution in [2.45, 2.75) is 231 Å². The molecule has 0 radical (unpaired) electrons. The number of aliphatic hydroxyl groups is 5. The Kier molecular flexibility index (Phi) is 13.2. The van der Waals surface area contributed by atoms with Gasteiger partial charge in [-0.2, -0.15) is 0 Å². The van der Waals surface area contributed by atoms with Gasteiger partial charge in [0.15, 0.2) is 47.6 Å². The number of rotatable bonds is 5.